The third kappa shape index (κ3) is 4.28. The number of carbonyl (C=O) groups excluding carboxylic acids is 1. The van der Waals surface area contributed by atoms with Crippen LogP contribution < -0.4 is 9.46 Å². The predicted octanol–water partition coefficient (Wildman–Crippen LogP) is 1.49. The highest BCUT2D eigenvalue weighted by molar-refractivity contribution is 7.90. The fourth-order valence-corrected chi connectivity index (χ4v) is 2.53. The normalized spacial score (nSPS) is 10.9. The van der Waals surface area contributed by atoms with Crippen LogP contribution in [0.1, 0.15) is 12.5 Å². The Morgan fingerprint density at radius 3 is 2.48 bits per heavy atom. The smallest absolute Gasteiger partial charge is 0.265 e. The molecule has 21 heavy (non-hydrogen) atoms. The van der Waals surface area contributed by atoms with Crippen LogP contribution in [0.15, 0.2) is 53.6 Å². The molecule has 1 aromatic heterocycles. The largest absolute Gasteiger partial charge is 0.473 e. The minimum absolute atomic E-state index is 0.0928. The first-order chi connectivity index (χ1) is 9.97. The molecule has 110 valence electrons. The number of nitrogens with zero attached hydrogens (tertiary/aromatic N) is 1. The van der Waals surface area contributed by atoms with Crippen LogP contribution in [0.2, 0.25) is 0 Å². The Kier molecular flexibility index (Phi) is 4.54. The van der Waals surface area contributed by atoms with E-state index in [2.05, 4.69) is 4.98 Å². The lowest BCUT2D eigenvalue weighted by Crippen LogP contribution is -2.28. The Hall–Kier alpha value is -2.41. The van der Waals surface area contributed by atoms with Gasteiger partial charge in [-0.15, -0.1) is 0 Å². The van der Waals surface area contributed by atoms with Crippen molar-refractivity contribution >= 4 is 15.9 Å². The summed E-state index contributed by atoms with van der Waals surface area (Å²) in [6.45, 7) is 1.47. The zero-order chi connectivity index (χ0) is 15.3. The highest BCUT2D eigenvalue weighted by Gasteiger charge is 2.15. The van der Waals surface area contributed by atoms with Crippen LogP contribution >= 0.6 is 0 Å². The van der Waals surface area contributed by atoms with Crippen LogP contribution in [-0.4, -0.2) is 19.3 Å². The van der Waals surface area contributed by atoms with Gasteiger partial charge in [0.2, 0.25) is 11.8 Å². The average molecular weight is 306 g/mol. The summed E-state index contributed by atoms with van der Waals surface area (Å²) >= 11 is 0. The molecular weight excluding hydrogens is 292 g/mol. The van der Waals surface area contributed by atoms with Crippen LogP contribution in [0, 0.1) is 0 Å². The van der Waals surface area contributed by atoms with Crippen molar-refractivity contribution in [3.05, 3.63) is 54.2 Å². The quantitative estimate of drug-likeness (QED) is 0.904. The molecule has 0 spiro atoms. The fraction of sp³-hybridized carbons (Fsp3) is 0.143. The van der Waals surface area contributed by atoms with Gasteiger partial charge < -0.3 is 4.74 Å². The summed E-state index contributed by atoms with van der Waals surface area (Å²) in [6.07, 6.45) is 1.14. The second kappa shape index (κ2) is 6.36. The molecule has 0 saturated heterocycles. The summed E-state index contributed by atoms with van der Waals surface area (Å²) in [4.78, 5) is 14.6. The van der Waals surface area contributed by atoms with Gasteiger partial charge in [0.15, 0.2) is 0 Å². The third-order valence-electron chi connectivity index (χ3n) is 2.53. The van der Waals surface area contributed by atoms with E-state index in [1.165, 1.54) is 12.1 Å². The van der Waals surface area contributed by atoms with Crippen molar-refractivity contribution < 1.29 is 17.9 Å². The van der Waals surface area contributed by atoms with E-state index in [0.717, 1.165) is 18.7 Å². The van der Waals surface area contributed by atoms with Gasteiger partial charge in [-0.3, -0.25) is 4.79 Å². The van der Waals surface area contributed by atoms with Gasteiger partial charge in [0.1, 0.15) is 11.5 Å². The number of nitrogens with one attached hydrogen (secondary N) is 1. The van der Waals surface area contributed by atoms with Gasteiger partial charge in [0.05, 0.1) is 6.20 Å². The van der Waals surface area contributed by atoms with E-state index in [-0.39, 0.29) is 4.90 Å². The number of aromatic nitrogens is 1. The minimum atomic E-state index is -3.86. The standard InChI is InChI=1S/C14H14N2O4S/c1-11(17)16-21(18,19)13-7-8-14(15-9-13)20-10-12-5-3-2-4-6-12/h2-9H,10H2,1H3,(H,16,17). The average Bonchev–Trinajstić information content (AvgIpc) is 2.45. The number of amides is 1. The summed E-state index contributed by atoms with van der Waals surface area (Å²) in [5.41, 5.74) is 0.981. The summed E-state index contributed by atoms with van der Waals surface area (Å²) in [6, 6.07) is 12.3. The van der Waals surface area contributed by atoms with E-state index in [1.54, 1.807) is 0 Å². The van der Waals surface area contributed by atoms with Gasteiger partial charge in [-0.2, -0.15) is 0 Å². The van der Waals surface area contributed by atoms with E-state index < -0.39 is 15.9 Å². The van der Waals surface area contributed by atoms with Gasteiger partial charge in [0.25, 0.3) is 10.0 Å². The molecule has 2 aromatic rings. The molecule has 7 heteroatoms. The molecule has 1 aromatic carbocycles. The molecule has 2 rings (SSSR count). The number of carbonyl (C=O) groups is 1. The first kappa shape index (κ1) is 15.0. The van der Waals surface area contributed by atoms with Gasteiger partial charge in [-0.25, -0.2) is 18.1 Å². The van der Waals surface area contributed by atoms with Gasteiger partial charge >= 0.3 is 0 Å². The van der Waals surface area contributed by atoms with Crippen molar-refractivity contribution in [2.24, 2.45) is 0 Å². The van der Waals surface area contributed by atoms with E-state index >= 15 is 0 Å². The molecule has 0 fully saturated rings. The van der Waals surface area contributed by atoms with Crippen molar-refractivity contribution in [3.8, 4) is 5.88 Å². The van der Waals surface area contributed by atoms with E-state index in [0.29, 0.717) is 12.5 Å². The summed E-state index contributed by atoms with van der Waals surface area (Å²) in [5, 5.41) is 0. The molecule has 0 saturated carbocycles. The summed E-state index contributed by atoms with van der Waals surface area (Å²) in [5.74, 6) is -0.347. The molecule has 0 unspecified atom stereocenters. The molecule has 1 N–H and O–H groups in total. The molecular formula is C14H14N2O4S. The van der Waals surface area contributed by atoms with Crippen molar-refractivity contribution in [1.82, 2.24) is 9.71 Å². The fourth-order valence-electron chi connectivity index (χ4n) is 1.59. The first-order valence-electron chi connectivity index (χ1n) is 6.13. The molecule has 0 bridgehead atoms. The van der Waals surface area contributed by atoms with Crippen LogP contribution in [0.3, 0.4) is 0 Å². The monoisotopic (exact) mass is 306 g/mol. The highest BCUT2D eigenvalue weighted by atomic mass is 32.2. The maximum Gasteiger partial charge on any atom is 0.265 e. The SMILES string of the molecule is CC(=O)NS(=O)(=O)c1ccc(OCc2ccccc2)nc1. The number of hydrogen-bond acceptors (Lipinski definition) is 5. The number of benzene rings is 1. The lowest BCUT2D eigenvalue weighted by atomic mass is 10.2. The third-order valence-corrected chi connectivity index (χ3v) is 3.95. The maximum atomic E-state index is 11.7. The van der Waals surface area contributed by atoms with Gasteiger partial charge in [-0.05, 0) is 11.6 Å². The van der Waals surface area contributed by atoms with E-state index in [1.807, 2.05) is 35.1 Å². The molecule has 1 heterocycles. The topological polar surface area (TPSA) is 85.4 Å². The minimum Gasteiger partial charge on any atom is -0.473 e. The second-order valence-corrected chi connectivity index (χ2v) is 5.95. The lowest BCUT2D eigenvalue weighted by Gasteiger charge is -2.07. The number of sulfonamides is 1. The van der Waals surface area contributed by atoms with Crippen molar-refractivity contribution in [2.45, 2.75) is 18.4 Å². The predicted molar refractivity (Wildman–Crippen MR) is 76.0 cm³/mol. The molecule has 0 aliphatic heterocycles. The Morgan fingerprint density at radius 1 is 1.19 bits per heavy atom. The van der Waals surface area contributed by atoms with E-state index in [9.17, 15) is 13.2 Å². The van der Waals surface area contributed by atoms with Crippen LogP contribution in [-0.2, 0) is 21.4 Å². The molecule has 6 nitrogen and oxygen atoms in total. The number of pyridine rings is 1. The Bertz CT molecular complexity index is 712. The Labute approximate surface area is 122 Å². The summed E-state index contributed by atoms with van der Waals surface area (Å²) in [7, 11) is -3.86. The van der Waals surface area contributed by atoms with E-state index in [4.69, 9.17) is 4.74 Å². The molecule has 0 aliphatic carbocycles. The lowest BCUT2D eigenvalue weighted by molar-refractivity contribution is -0.117. The number of ether oxygens (including phenoxy) is 1. The number of rotatable bonds is 5. The zero-order valence-corrected chi connectivity index (χ0v) is 12.1. The highest BCUT2D eigenvalue weighted by Crippen LogP contribution is 2.13. The second-order valence-electron chi connectivity index (χ2n) is 4.27. The van der Waals surface area contributed by atoms with Gasteiger partial charge in [-0.1, -0.05) is 30.3 Å². The zero-order valence-electron chi connectivity index (χ0n) is 11.3. The molecule has 0 radical (unpaired) electrons. The maximum absolute atomic E-state index is 11.7. The van der Waals surface area contributed by atoms with Gasteiger partial charge in [0, 0.05) is 13.0 Å². The molecule has 0 aliphatic rings. The Morgan fingerprint density at radius 2 is 1.90 bits per heavy atom. The van der Waals surface area contributed by atoms with Crippen molar-refractivity contribution in [2.75, 3.05) is 0 Å². The van der Waals surface area contributed by atoms with Crippen molar-refractivity contribution in [3.63, 3.8) is 0 Å². The van der Waals surface area contributed by atoms with Crippen LogP contribution in [0.5, 0.6) is 5.88 Å². The molecule has 0 atom stereocenters. The van der Waals surface area contributed by atoms with Crippen molar-refractivity contribution in [1.29, 1.82) is 0 Å². The van der Waals surface area contributed by atoms with Crippen LogP contribution in [0.25, 0.3) is 0 Å². The number of hydrogen-bond donors (Lipinski definition) is 1. The first-order valence-corrected chi connectivity index (χ1v) is 7.62. The summed E-state index contributed by atoms with van der Waals surface area (Å²) < 4.78 is 30.8. The van der Waals surface area contributed by atoms with Crippen LogP contribution in [0.4, 0.5) is 0 Å². The molecule has 1 amide bonds. The Balaban J connectivity index is 2.04.